The number of anilines is 1. The van der Waals surface area contributed by atoms with E-state index in [9.17, 15) is 0 Å². The zero-order chi connectivity index (χ0) is 15.2. The summed E-state index contributed by atoms with van der Waals surface area (Å²) in [5.41, 5.74) is 8.06. The maximum absolute atomic E-state index is 5.92. The SMILES string of the molecule is I.NC(=NCCc1ccsc1)Nc1ccc2c(c1)OCCCO2. The lowest BCUT2D eigenvalue weighted by Crippen LogP contribution is -2.23. The zero-order valence-corrected chi connectivity index (χ0v) is 15.8. The summed E-state index contributed by atoms with van der Waals surface area (Å²) in [7, 11) is 0. The summed E-state index contributed by atoms with van der Waals surface area (Å²) in [6.07, 6.45) is 1.79. The summed E-state index contributed by atoms with van der Waals surface area (Å²) in [6.45, 7) is 2.02. The first-order valence-corrected chi connectivity index (χ1v) is 8.23. The Kier molecular flexibility index (Phi) is 6.97. The van der Waals surface area contributed by atoms with Crippen LogP contribution in [0.3, 0.4) is 0 Å². The van der Waals surface area contributed by atoms with Crippen molar-refractivity contribution in [1.82, 2.24) is 0 Å². The second kappa shape index (κ2) is 8.97. The highest BCUT2D eigenvalue weighted by Gasteiger charge is 2.10. The molecule has 3 rings (SSSR count). The van der Waals surface area contributed by atoms with Crippen molar-refractivity contribution in [3.63, 3.8) is 0 Å². The molecule has 23 heavy (non-hydrogen) atoms. The smallest absolute Gasteiger partial charge is 0.193 e. The van der Waals surface area contributed by atoms with Crippen molar-refractivity contribution in [2.75, 3.05) is 25.1 Å². The number of rotatable bonds is 4. The molecule has 0 radical (unpaired) electrons. The highest BCUT2D eigenvalue weighted by Crippen LogP contribution is 2.32. The normalized spacial score (nSPS) is 13.8. The van der Waals surface area contributed by atoms with E-state index in [1.165, 1.54) is 5.56 Å². The Hall–Kier alpha value is -1.48. The molecule has 0 saturated heterocycles. The van der Waals surface area contributed by atoms with Gasteiger partial charge in [-0.2, -0.15) is 11.3 Å². The molecule has 0 spiro atoms. The largest absolute Gasteiger partial charge is 0.490 e. The number of thiophene rings is 1. The van der Waals surface area contributed by atoms with Gasteiger partial charge in [-0.3, -0.25) is 4.99 Å². The van der Waals surface area contributed by atoms with E-state index in [0.717, 1.165) is 30.0 Å². The first kappa shape index (κ1) is 17.9. The van der Waals surface area contributed by atoms with E-state index in [1.807, 2.05) is 18.2 Å². The molecule has 1 aromatic carbocycles. The van der Waals surface area contributed by atoms with Crippen molar-refractivity contribution < 1.29 is 9.47 Å². The molecule has 1 aromatic heterocycles. The Morgan fingerprint density at radius 2 is 2.04 bits per heavy atom. The minimum atomic E-state index is 0. The molecule has 0 fully saturated rings. The summed E-state index contributed by atoms with van der Waals surface area (Å²) in [4.78, 5) is 4.34. The van der Waals surface area contributed by atoms with Gasteiger partial charge in [-0.1, -0.05) is 0 Å². The summed E-state index contributed by atoms with van der Waals surface area (Å²) >= 11 is 1.69. The van der Waals surface area contributed by atoms with Crippen LogP contribution in [0.1, 0.15) is 12.0 Å². The van der Waals surface area contributed by atoms with Crippen molar-refractivity contribution in [3.05, 3.63) is 40.6 Å². The van der Waals surface area contributed by atoms with E-state index < -0.39 is 0 Å². The van der Waals surface area contributed by atoms with Gasteiger partial charge >= 0.3 is 0 Å². The van der Waals surface area contributed by atoms with Gasteiger partial charge in [-0.05, 0) is 40.9 Å². The van der Waals surface area contributed by atoms with Crippen LogP contribution < -0.4 is 20.5 Å². The van der Waals surface area contributed by atoms with Crippen molar-refractivity contribution in [2.24, 2.45) is 10.7 Å². The van der Waals surface area contributed by atoms with Crippen LogP contribution in [0.15, 0.2) is 40.0 Å². The third kappa shape index (κ3) is 5.28. The van der Waals surface area contributed by atoms with Gasteiger partial charge in [0.25, 0.3) is 0 Å². The highest BCUT2D eigenvalue weighted by molar-refractivity contribution is 14.0. The van der Waals surface area contributed by atoms with Crippen molar-refractivity contribution in [1.29, 1.82) is 0 Å². The lowest BCUT2D eigenvalue weighted by molar-refractivity contribution is 0.297. The molecule has 1 aliphatic rings. The minimum absolute atomic E-state index is 0. The van der Waals surface area contributed by atoms with Crippen LogP contribution in [0.25, 0.3) is 0 Å². The Morgan fingerprint density at radius 3 is 2.83 bits per heavy atom. The van der Waals surface area contributed by atoms with Gasteiger partial charge in [0.2, 0.25) is 0 Å². The van der Waals surface area contributed by atoms with Crippen LogP contribution in [-0.4, -0.2) is 25.7 Å². The van der Waals surface area contributed by atoms with E-state index in [-0.39, 0.29) is 24.0 Å². The number of benzene rings is 1. The third-order valence-corrected chi connectivity index (χ3v) is 4.01. The molecule has 3 N–H and O–H groups in total. The van der Waals surface area contributed by atoms with Gasteiger partial charge in [-0.15, -0.1) is 24.0 Å². The first-order valence-electron chi connectivity index (χ1n) is 7.29. The number of guanidine groups is 1. The Bertz CT molecular complexity index is 647. The van der Waals surface area contributed by atoms with Crippen LogP contribution in [0.5, 0.6) is 11.5 Å². The summed E-state index contributed by atoms with van der Waals surface area (Å²) in [5, 5.41) is 7.28. The monoisotopic (exact) mass is 445 g/mol. The fourth-order valence-corrected chi connectivity index (χ4v) is 2.87. The Balaban J connectivity index is 0.00000192. The predicted octanol–water partition coefficient (Wildman–Crippen LogP) is 3.50. The fourth-order valence-electron chi connectivity index (χ4n) is 2.17. The van der Waals surface area contributed by atoms with E-state index >= 15 is 0 Å². The van der Waals surface area contributed by atoms with Crippen LogP contribution in [0.2, 0.25) is 0 Å². The molecular formula is C16H20IN3O2S. The Morgan fingerprint density at radius 1 is 1.22 bits per heavy atom. The fraction of sp³-hybridized carbons (Fsp3) is 0.312. The second-order valence-electron chi connectivity index (χ2n) is 4.99. The van der Waals surface area contributed by atoms with Crippen LogP contribution >= 0.6 is 35.3 Å². The number of ether oxygens (including phenoxy) is 2. The van der Waals surface area contributed by atoms with Gasteiger partial charge < -0.3 is 20.5 Å². The van der Waals surface area contributed by atoms with Crippen LogP contribution in [0.4, 0.5) is 5.69 Å². The van der Waals surface area contributed by atoms with Crippen molar-refractivity contribution in [2.45, 2.75) is 12.8 Å². The van der Waals surface area contributed by atoms with Crippen LogP contribution in [-0.2, 0) is 6.42 Å². The zero-order valence-electron chi connectivity index (χ0n) is 12.7. The molecule has 2 heterocycles. The number of halogens is 1. The molecule has 124 valence electrons. The van der Waals surface area contributed by atoms with E-state index in [0.29, 0.717) is 25.7 Å². The average Bonchev–Trinajstić information content (AvgIpc) is 2.91. The van der Waals surface area contributed by atoms with E-state index in [4.69, 9.17) is 15.2 Å². The molecule has 7 heteroatoms. The third-order valence-electron chi connectivity index (χ3n) is 3.28. The number of nitrogens with one attached hydrogen (secondary N) is 1. The molecule has 0 aliphatic carbocycles. The number of nitrogens with zero attached hydrogens (tertiary/aromatic N) is 1. The molecule has 2 aromatic rings. The number of hydrogen-bond donors (Lipinski definition) is 2. The molecule has 5 nitrogen and oxygen atoms in total. The molecular weight excluding hydrogens is 425 g/mol. The van der Waals surface area contributed by atoms with Gasteiger partial charge in [0.1, 0.15) is 0 Å². The van der Waals surface area contributed by atoms with Gasteiger partial charge in [0, 0.05) is 24.7 Å². The second-order valence-corrected chi connectivity index (χ2v) is 5.77. The Labute approximate surface area is 156 Å². The number of fused-ring (bicyclic) bond motifs is 1. The maximum atomic E-state index is 5.92. The van der Waals surface area contributed by atoms with Crippen molar-refractivity contribution >= 4 is 47.0 Å². The number of aliphatic imine (C=N–C) groups is 1. The molecule has 0 atom stereocenters. The molecule has 0 amide bonds. The minimum Gasteiger partial charge on any atom is -0.490 e. The maximum Gasteiger partial charge on any atom is 0.193 e. The number of hydrogen-bond acceptors (Lipinski definition) is 4. The summed E-state index contributed by atoms with van der Waals surface area (Å²) in [6, 6.07) is 7.80. The van der Waals surface area contributed by atoms with Gasteiger partial charge in [-0.25, -0.2) is 0 Å². The molecule has 0 bridgehead atoms. The molecule has 0 saturated carbocycles. The standard InChI is InChI=1S/C16H19N3O2S.HI/c17-16(18-6-4-12-5-9-22-11-12)19-13-2-3-14-15(10-13)21-8-1-7-20-14;/h2-3,5,9-11H,1,4,6-8H2,(H3,17,18,19);1H. The lowest BCUT2D eigenvalue weighted by Gasteiger charge is -2.10. The summed E-state index contributed by atoms with van der Waals surface area (Å²) in [5.74, 6) is 1.93. The van der Waals surface area contributed by atoms with Crippen LogP contribution in [0, 0.1) is 0 Å². The first-order chi connectivity index (χ1) is 10.8. The molecule has 1 aliphatic heterocycles. The van der Waals surface area contributed by atoms with E-state index in [2.05, 4.69) is 27.1 Å². The lowest BCUT2D eigenvalue weighted by atomic mass is 10.2. The average molecular weight is 445 g/mol. The predicted molar refractivity (Wildman–Crippen MR) is 106 cm³/mol. The summed E-state index contributed by atoms with van der Waals surface area (Å²) < 4.78 is 11.3. The highest BCUT2D eigenvalue weighted by atomic mass is 127. The van der Waals surface area contributed by atoms with E-state index in [1.54, 1.807) is 11.3 Å². The molecule has 0 unspecified atom stereocenters. The van der Waals surface area contributed by atoms with Gasteiger partial charge in [0.05, 0.1) is 13.2 Å². The topological polar surface area (TPSA) is 68.9 Å². The quantitative estimate of drug-likeness (QED) is 0.430. The van der Waals surface area contributed by atoms with Gasteiger partial charge in [0.15, 0.2) is 17.5 Å². The number of nitrogens with two attached hydrogens (primary N) is 1. The van der Waals surface area contributed by atoms with Crippen molar-refractivity contribution in [3.8, 4) is 11.5 Å².